The molecule has 1 aromatic heterocycles. The first kappa shape index (κ1) is 40.1. The number of nitrogens with one attached hydrogen (secondary N) is 4. The van der Waals surface area contributed by atoms with E-state index in [1.54, 1.807) is 37.4 Å². The molecule has 5 heterocycles. The summed E-state index contributed by atoms with van der Waals surface area (Å²) < 4.78 is 5.73. The number of piperidine rings is 3. The van der Waals surface area contributed by atoms with Crippen molar-refractivity contribution >= 4 is 52.5 Å². The molecule has 2 aromatic carbocycles. The zero-order valence-electron chi connectivity index (χ0n) is 35.0. The van der Waals surface area contributed by atoms with Crippen molar-refractivity contribution in [3.8, 4) is 5.75 Å². The highest BCUT2D eigenvalue weighted by atomic mass is 16.5. The lowest BCUT2D eigenvalue weighted by molar-refractivity contribution is -0.134. The molecule has 9 rings (SSSR count). The fourth-order valence-corrected chi connectivity index (χ4v) is 10.7. The number of hydrazine groups is 1. The number of ether oxygens (including phenoxy) is 1. The molecular formula is C45H58N10O5. The molecule has 15 nitrogen and oxygen atoms in total. The number of hydrogen-bond donors (Lipinski definition) is 4. The van der Waals surface area contributed by atoms with Gasteiger partial charge in [0.2, 0.25) is 23.7 Å². The summed E-state index contributed by atoms with van der Waals surface area (Å²) in [6.07, 6.45) is 13.7. The van der Waals surface area contributed by atoms with Crippen LogP contribution >= 0.6 is 0 Å². The van der Waals surface area contributed by atoms with Gasteiger partial charge in [0.1, 0.15) is 17.5 Å². The smallest absolute Gasteiger partial charge is 0.265 e. The number of amides is 4. The highest BCUT2D eigenvalue weighted by Crippen LogP contribution is 2.49. The molecule has 2 atom stereocenters. The lowest BCUT2D eigenvalue weighted by Gasteiger charge is -2.53. The van der Waals surface area contributed by atoms with E-state index in [9.17, 15) is 19.2 Å². The second-order valence-corrected chi connectivity index (χ2v) is 17.9. The van der Waals surface area contributed by atoms with Crippen LogP contribution in [0.1, 0.15) is 106 Å². The van der Waals surface area contributed by atoms with Gasteiger partial charge in [-0.1, -0.05) is 25.0 Å². The minimum Gasteiger partial charge on any atom is -0.495 e. The highest BCUT2D eigenvalue weighted by molar-refractivity contribution is 6.04. The summed E-state index contributed by atoms with van der Waals surface area (Å²) in [4.78, 5) is 66.1. The van der Waals surface area contributed by atoms with Crippen molar-refractivity contribution in [3.05, 3.63) is 59.8 Å². The number of anilines is 5. The standard InChI is InChI=1S/C45H58N10O5/c1-28-43(59)52(2)37-27-46-44(50-40(37)55(28)34-6-4-5-7-34)48-36-14-10-30(24-38(36)60-3)41(57)51-54-22-18-45(19-23-54)25-32(26-45)47-31-16-20-53(21-17-31)33-11-8-29(9-12-33)35-13-15-39(56)49-42(35)58/h8-12,14,24,27-28,31-32,34-35,47H,4-7,13,15-23,25-26H2,1-3H3,(H,51,57)(H,46,48,50)(H,49,56,58)/t28-,35?/m1/s1. The normalized spacial score (nSPS) is 24.0. The van der Waals surface area contributed by atoms with Gasteiger partial charge in [0.15, 0.2) is 5.82 Å². The topological polar surface area (TPSA) is 164 Å². The Morgan fingerprint density at radius 2 is 1.65 bits per heavy atom. The Hall–Kier alpha value is -5.28. The number of hydrogen-bond acceptors (Lipinski definition) is 12. The van der Waals surface area contributed by atoms with Crippen LogP contribution in [0.3, 0.4) is 0 Å². The Balaban J connectivity index is 0.728. The highest BCUT2D eigenvalue weighted by Gasteiger charge is 2.46. The lowest BCUT2D eigenvalue weighted by Crippen LogP contribution is -2.58. The Labute approximate surface area is 352 Å². The number of fused-ring (bicyclic) bond motifs is 1. The van der Waals surface area contributed by atoms with Crippen LogP contribution in [-0.2, 0) is 14.4 Å². The van der Waals surface area contributed by atoms with Crippen LogP contribution in [0, 0.1) is 5.41 Å². The quantitative estimate of drug-likeness (QED) is 0.203. The second kappa shape index (κ2) is 16.6. The molecule has 15 heteroatoms. The van der Waals surface area contributed by atoms with E-state index in [0.717, 1.165) is 88.9 Å². The summed E-state index contributed by atoms with van der Waals surface area (Å²) >= 11 is 0. The number of methoxy groups -OCH3 is 1. The molecule has 0 radical (unpaired) electrons. The third-order valence-electron chi connectivity index (χ3n) is 14.2. The number of carbonyl (C=O) groups excluding carboxylic acids is 4. The third kappa shape index (κ3) is 8.01. The van der Waals surface area contributed by atoms with E-state index in [-0.39, 0.29) is 41.6 Å². The number of nitrogens with zero attached hydrogens (tertiary/aromatic N) is 6. The Bertz CT molecular complexity index is 2100. The average Bonchev–Trinajstić information content (AvgIpc) is 3.78. The van der Waals surface area contributed by atoms with Crippen molar-refractivity contribution in [3.63, 3.8) is 0 Å². The van der Waals surface area contributed by atoms with E-state index in [0.29, 0.717) is 59.0 Å². The maximum atomic E-state index is 13.5. The number of aromatic nitrogens is 2. The van der Waals surface area contributed by atoms with Gasteiger partial charge in [0.05, 0.1) is 24.9 Å². The first-order valence-electron chi connectivity index (χ1n) is 21.9. The van der Waals surface area contributed by atoms with E-state index in [1.165, 1.54) is 18.5 Å². The van der Waals surface area contributed by atoms with Crippen LogP contribution in [0.2, 0.25) is 0 Å². The predicted molar refractivity (Wildman–Crippen MR) is 230 cm³/mol. The van der Waals surface area contributed by atoms with Gasteiger partial charge in [-0.3, -0.25) is 29.9 Å². The number of carbonyl (C=O) groups is 4. The summed E-state index contributed by atoms with van der Waals surface area (Å²) in [7, 11) is 3.36. The monoisotopic (exact) mass is 818 g/mol. The van der Waals surface area contributed by atoms with Gasteiger partial charge in [0, 0.05) is 69.0 Å². The van der Waals surface area contributed by atoms with Gasteiger partial charge in [-0.25, -0.2) is 9.99 Å². The predicted octanol–water partition coefficient (Wildman–Crippen LogP) is 5.01. The molecule has 0 bridgehead atoms. The van der Waals surface area contributed by atoms with Gasteiger partial charge < -0.3 is 30.1 Å². The van der Waals surface area contributed by atoms with Crippen molar-refractivity contribution in [1.29, 1.82) is 0 Å². The Kier molecular flexibility index (Phi) is 11.1. The zero-order valence-corrected chi connectivity index (χ0v) is 35.0. The molecule has 1 unspecified atom stereocenters. The molecule has 2 aliphatic carbocycles. The molecule has 2 saturated carbocycles. The molecular weight excluding hydrogens is 761 g/mol. The van der Waals surface area contributed by atoms with Gasteiger partial charge in [-0.2, -0.15) is 4.98 Å². The van der Waals surface area contributed by atoms with Crippen molar-refractivity contribution in [2.45, 2.75) is 114 Å². The van der Waals surface area contributed by atoms with Gasteiger partial charge in [-0.15, -0.1) is 0 Å². The van der Waals surface area contributed by atoms with Crippen molar-refractivity contribution in [2.75, 3.05) is 60.4 Å². The van der Waals surface area contributed by atoms with Crippen LogP contribution in [0.15, 0.2) is 48.7 Å². The maximum absolute atomic E-state index is 13.5. The Morgan fingerprint density at radius 1 is 0.917 bits per heavy atom. The van der Waals surface area contributed by atoms with E-state index in [2.05, 4.69) is 53.3 Å². The SMILES string of the molecule is COc1cc(C(=O)NN2CCC3(CC2)CC(NC2CCN(c4ccc(C5CCC(=O)NC5=O)cc4)CC2)C3)ccc1Nc1ncc2c(n1)N(C1CCCC1)[C@H](C)C(=O)N2C. The van der Waals surface area contributed by atoms with Crippen LogP contribution in [0.25, 0.3) is 0 Å². The van der Waals surface area contributed by atoms with E-state index in [4.69, 9.17) is 9.72 Å². The first-order valence-corrected chi connectivity index (χ1v) is 21.9. The van der Waals surface area contributed by atoms with Crippen LogP contribution < -0.4 is 40.8 Å². The average molecular weight is 819 g/mol. The maximum Gasteiger partial charge on any atom is 0.265 e. The van der Waals surface area contributed by atoms with Crippen LogP contribution in [0.4, 0.5) is 28.8 Å². The lowest BCUT2D eigenvalue weighted by atomic mass is 9.60. The van der Waals surface area contributed by atoms with Gasteiger partial charge in [0.25, 0.3) is 5.91 Å². The fourth-order valence-electron chi connectivity index (χ4n) is 10.7. The second-order valence-electron chi connectivity index (χ2n) is 17.9. The Morgan fingerprint density at radius 3 is 2.35 bits per heavy atom. The summed E-state index contributed by atoms with van der Waals surface area (Å²) in [5.74, 6) is 0.919. The van der Waals surface area contributed by atoms with Crippen LogP contribution in [0.5, 0.6) is 5.75 Å². The zero-order chi connectivity index (χ0) is 41.5. The molecule has 318 valence electrons. The molecule has 6 aliphatic rings. The van der Waals surface area contributed by atoms with Crippen LogP contribution in [-0.4, -0.2) is 103 Å². The van der Waals surface area contributed by atoms with Crippen molar-refractivity contribution in [2.24, 2.45) is 5.41 Å². The minimum absolute atomic E-state index is 0.0442. The molecule has 4 amide bonds. The third-order valence-corrected chi connectivity index (χ3v) is 14.2. The first-order chi connectivity index (χ1) is 29.1. The molecule has 4 aliphatic heterocycles. The fraction of sp³-hybridized carbons (Fsp3) is 0.556. The molecule has 60 heavy (non-hydrogen) atoms. The molecule has 4 N–H and O–H groups in total. The van der Waals surface area contributed by atoms with Gasteiger partial charge >= 0.3 is 0 Å². The van der Waals surface area contributed by atoms with Crippen molar-refractivity contribution in [1.82, 2.24) is 31.0 Å². The summed E-state index contributed by atoms with van der Waals surface area (Å²) in [5, 5.41) is 11.8. The summed E-state index contributed by atoms with van der Waals surface area (Å²) in [6, 6.07) is 14.7. The summed E-state index contributed by atoms with van der Waals surface area (Å²) in [6.45, 7) is 5.59. The molecule has 5 fully saturated rings. The molecule has 3 saturated heterocycles. The number of benzene rings is 2. The van der Waals surface area contributed by atoms with E-state index >= 15 is 0 Å². The molecule has 1 spiro atoms. The number of rotatable bonds is 10. The summed E-state index contributed by atoms with van der Waals surface area (Å²) in [5.41, 5.74) is 7.50. The van der Waals surface area contributed by atoms with E-state index < -0.39 is 0 Å². The molecule has 3 aromatic rings. The van der Waals surface area contributed by atoms with Gasteiger partial charge in [-0.05, 0) is 106 Å². The number of imide groups is 1. The van der Waals surface area contributed by atoms with Crippen molar-refractivity contribution < 1.29 is 23.9 Å². The van der Waals surface area contributed by atoms with E-state index in [1.807, 2.05) is 25.1 Å². The largest absolute Gasteiger partial charge is 0.495 e. The number of likely N-dealkylation sites (N-methyl/N-ethyl adjacent to an activating group) is 1. The minimum atomic E-state index is -0.303.